The highest BCUT2D eigenvalue weighted by Crippen LogP contribution is 2.46. The number of benzene rings is 1. The Labute approximate surface area is 230 Å². The number of ether oxygens (including phenoxy) is 1. The van der Waals surface area contributed by atoms with E-state index >= 15 is 0 Å². The monoisotopic (exact) mass is 579 g/mol. The third kappa shape index (κ3) is 8.20. The van der Waals surface area contributed by atoms with E-state index in [1.54, 1.807) is 26.8 Å². The molecule has 1 aliphatic heterocycles. The molecular weight excluding hydrogens is 545 g/mol. The molecule has 4 N–H and O–H groups in total. The number of aromatic nitrogens is 2. The Bertz CT molecular complexity index is 1410. The first-order valence-corrected chi connectivity index (χ1v) is 14.7. The molecule has 1 aromatic heterocycles. The van der Waals surface area contributed by atoms with Gasteiger partial charge in [-0.25, -0.2) is 14.4 Å². The molecule has 0 aliphatic carbocycles. The number of rotatable bonds is 13. The molecule has 1 aromatic carbocycles. The summed E-state index contributed by atoms with van der Waals surface area (Å²) in [6.07, 6.45) is 9.26. The largest absolute Gasteiger partial charge is 0.405 e. The van der Waals surface area contributed by atoms with Gasteiger partial charge in [0.1, 0.15) is 6.61 Å². The summed E-state index contributed by atoms with van der Waals surface area (Å²) in [5, 5.41) is 22.6. The molecule has 0 radical (unpaired) electrons. The number of thiol groups is 1. The van der Waals surface area contributed by atoms with Gasteiger partial charge in [0.05, 0.1) is 18.3 Å². The molecule has 2 heterocycles. The van der Waals surface area contributed by atoms with Crippen molar-refractivity contribution in [3.63, 3.8) is 0 Å². The van der Waals surface area contributed by atoms with Crippen molar-refractivity contribution in [2.45, 2.75) is 39.1 Å². The Morgan fingerprint density at radius 1 is 1.33 bits per heavy atom. The lowest BCUT2D eigenvalue weighted by Crippen LogP contribution is -2.37. The molecule has 0 saturated heterocycles. The summed E-state index contributed by atoms with van der Waals surface area (Å²) in [7, 11) is -3.94. The molecule has 0 amide bonds. The van der Waals surface area contributed by atoms with Crippen LogP contribution in [0.25, 0.3) is 0 Å². The van der Waals surface area contributed by atoms with Gasteiger partial charge in [-0.3, -0.25) is 23.4 Å². The second-order valence-corrected chi connectivity index (χ2v) is 12.6. The van der Waals surface area contributed by atoms with Crippen LogP contribution in [0.1, 0.15) is 31.2 Å². The van der Waals surface area contributed by atoms with Crippen molar-refractivity contribution in [2.24, 2.45) is 5.41 Å². The fourth-order valence-electron chi connectivity index (χ4n) is 3.35. The Kier molecular flexibility index (Phi) is 10.5. The van der Waals surface area contributed by atoms with Crippen molar-refractivity contribution >= 4 is 24.1 Å². The summed E-state index contributed by atoms with van der Waals surface area (Å²) in [6.45, 7) is 4.53. The first-order chi connectivity index (χ1) is 18.4. The van der Waals surface area contributed by atoms with Crippen LogP contribution < -0.4 is 16.3 Å². The Morgan fingerprint density at radius 3 is 2.72 bits per heavy atom. The quantitative estimate of drug-likeness (QED) is 0.0602. The number of terminal acetylenes is 1. The number of H-pyrrole nitrogens is 1. The molecule has 39 heavy (non-hydrogen) atoms. The van der Waals surface area contributed by atoms with E-state index in [4.69, 9.17) is 20.2 Å². The van der Waals surface area contributed by atoms with Crippen LogP contribution in [-0.4, -0.2) is 56.0 Å². The minimum atomic E-state index is -3.94. The topological polar surface area (TPSA) is 152 Å². The van der Waals surface area contributed by atoms with Gasteiger partial charge in [-0.05, 0) is 24.6 Å². The Morgan fingerprint density at radius 2 is 2.05 bits per heavy atom. The van der Waals surface area contributed by atoms with Crippen LogP contribution in [0.2, 0.25) is 0 Å². The maximum absolute atomic E-state index is 13.7. The second-order valence-electron chi connectivity index (χ2n) is 9.55. The zero-order chi connectivity index (χ0) is 28.7. The Hall–Kier alpha value is -2.59. The highest BCUT2D eigenvalue weighted by Gasteiger charge is 2.39. The smallest absolute Gasteiger partial charge is 0.395 e. The van der Waals surface area contributed by atoms with E-state index in [1.807, 2.05) is 30.3 Å². The zero-order valence-electron chi connectivity index (χ0n) is 22.0. The summed E-state index contributed by atoms with van der Waals surface area (Å²) >= 11 is 0.515. The summed E-state index contributed by atoms with van der Waals surface area (Å²) in [5.74, 6) is 2.78. The lowest BCUT2D eigenvalue weighted by atomic mass is 9.97. The van der Waals surface area contributed by atoms with E-state index in [0.29, 0.717) is 22.7 Å². The normalized spacial score (nSPS) is 21.2. The van der Waals surface area contributed by atoms with Gasteiger partial charge in [0, 0.05) is 29.5 Å². The van der Waals surface area contributed by atoms with Gasteiger partial charge in [0.2, 0.25) is 0 Å². The molecule has 0 spiro atoms. The van der Waals surface area contributed by atoms with Crippen LogP contribution in [0.3, 0.4) is 0 Å². The maximum Gasteiger partial charge on any atom is 0.405 e. The molecule has 13 heteroatoms. The minimum absolute atomic E-state index is 0.0272. The van der Waals surface area contributed by atoms with Crippen molar-refractivity contribution in [1.29, 1.82) is 0 Å². The van der Waals surface area contributed by atoms with Gasteiger partial charge in [-0.2, -0.15) is 11.4 Å². The molecule has 1 aliphatic rings. The first-order valence-electron chi connectivity index (χ1n) is 12.1. The molecule has 0 saturated carbocycles. The van der Waals surface area contributed by atoms with E-state index in [0.717, 1.165) is 5.56 Å². The van der Waals surface area contributed by atoms with Crippen molar-refractivity contribution < 1.29 is 28.6 Å². The lowest BCUT2D eigenvalue weighted by molar-refractivity contribution is -0.0479. The van der Waals surface area contributed by atoms with Gasteiger partial charge in [0.25, 0.3) is 5.56 Å². The van der Waals surface area contributed by atoms with Crippen molar-refractivity contribution in [3.05, 3.63) is 80.6 Å². The number of aliphatic hydroxyl groups excluding tert-OH is 2. The third-order valence-electron chi connectivity index (χ3n) is 5.91. The number of hydrogen-bond donors (Lipinski definition) is 5. The second kappa shape index (κ2) is 13.2. The summed E-state index contributed by atoms with van der Waals surface area (Å²) in [4.78, 5) is 26.2. The first kappa shape index (κ1) is 30.9. The molecular formula is C26H34N3O8PS. The summed E-state index contributed by atoms with van der Waals surface area (Å²) in [5.41, 5.74) is -2.25. The van der Waals surface area contributed by atoms with Crippen molar-refractivity contribution in [1.82, 2.24) is 14.6 Å². The number of nitrogens with zero attached hydrogens (tertiary/aromatic N) is 1. The van der Waals surface area contributed by atoms with Crippen LogP contribution in [-0.2, 0) is 24.9 Å². The molecule has 3 atom stereocenters. The molecule has 0 unspecified atom stereocenters. The van der Waals surface area contributed by atoms with Crippen LogP contribution in [0.4, 0.5) is 0 Å². The molecule has 0 bridgehead atoms. The lowest BCUT2D eigenvalue weighted by Gasteiger charge is -2.27. The molecule has 2 aromatic rings. The summed E-state index contributed by atoms with van der Waals surface area (Å²) < 4.78 is 32.2. The Balaban J connectivity index is 1.72. The zero-order valence-corrected chi connectivity index (χ0v) is 23.8. The van der Waals surface area contributed by atoms with Crippen molar-refractivity contribution in [2.75, 3.05) is 25.6 Å². The van der Waals surface area contributed by atoms with Crippen LogP contribution in [0.5, 0.6) is 0 Å². The fraction of sp³-hybridized carbons (Fsp3) is 0.423. The van der Waals surface area contributed by atoms with E-state index in [1.165, 1.54) is 16.8 Å². The van der Waals surface area contributed by atoms with Crippen LogP contribution in [0.15, 0.2) is 58.3 Å². The van der Waals surface area contributed by atoms with Gasteiger partial charge in [-0.15, -0.1) is 6.42 Å². The average Bonchev–Trinajstić information content (AvgIpc) is 3.36. The maximum atomic E-state index is 13.7. The number of hydrogen-bond acceptors (Lipinski definition) is 7. The van der Waals surface area contributed by atoms with Crippen LogP contribution in [0, 0.1) is 24.7 Å². The minimum Gasteiger partial charge on any atom is -0.395 e. The average molecular weight is 580 g/mol. The van der Waals surface area contributed by atoms with Crippen LogP contribution >= 0.6 is 19.1 Å². The predicted molar refractivity (Wildman–Crippen MR) is 152 cm³/mol. The van der Waals surface area contributed by atoms with E-state index in [-0.39, 0.29) is 31.4 Å². The summed E-state index contributed by atoms with van der Waals surface area (Å²) in [6, 6.07) is 9.24. The molecule has 11 nitrogen and oxygen atoms in total. The van der Waals surface area contributed by atoms with Gasteiger partial charge in [0.15, 0.2) is 11.8 Å². The highest BCUT2D eigenvalue weighted by molar-refractivity contribution is 7.98. The standard InChI is InChI=1S/C26H34N3O8PS/c1-5-26(12-11-21(37-26)29-16-19(2)22(31)28-24(29)33)18-36-38(34,27-15-20-9-7-6-8-10-20)35-13-14-39-23(32)25(3,4)17-30/h1,6-12,16,21,30,32,39H,13-15,17-18H2,2-4H3,(H,27,34)(H,28,31,33)/t21-,26+,38-/m1/s1. The SMILES string of the molecule is C#C[C@@]1(CO[P@@](=O)(NCc2ccccc2)OCC[SH]=C(O)C(C)(C)CO)C=C[C@H](n2cc(C)c(=O)[nH]c2=O)O1. The molecule has 3 rings (SSSR count). The number of aryl methyl sites for hydroxylation is 1. The van der Waals surface area contributed by atoms with Gasteiger partial charge < -0.3 is 14.9 Å². The molecule has 212 valence electrons. The number of aromatic amines is 1. The third-order valence-corrected chi connectivity index (χ3v) is 8.76. The highest BCUT2D eigenvalue weighted by atomic mass is 32.1. The van der Waals surface area contributed by atoms with E-state index in [2.05, 4.69) is 16.0 Å². The predicted octanol–water partition coefficient (Wildman–Crippen LogP) is 2.41. The number of nitrogens with one attached hydrogen (secondary N) is 2. The molecule has 0 fully saturated rings. The number of aliphatic hydroxyl groups is 2. The van der Waals surface area contributed by atoms with Crippen molar-refractivity contribution in [3.8, 4) is 12.3 Å². The fourth-order valence-corrected chi connectivity index (χ4v) is 5.72. The van der Waals surface area contributed by atoms with E-state index in [9.17, 15) is 24.4 Å². The van der Waals surface area contributed by atoms with Gasteiger partial charge in [-0.1, -0.05) is 50.1 Å². The van der Waals surface area contributed by atoms with Gasteiger partial charge >= 0.3 is 13.4 Å². The van der Waals surface area contributed by atoms with E-state index < -0.39 is 36.2 Å².